The number of hydrogen-bond donors (Lipinski definition) is 2. The Morgan fingerprint density at radius 2 is 1.83 bits per heavy atom. The summed E-state index contributed by atoms with van der Waals surface area (Å²) in [5, 5.41) is 11.7. The van der Waals surface area contributed by atoms with Crippen molar-refractivity contribution in [3.63, 3.8) is 0 Å². The molecule has 0 amide bonds. The second-order valence-electron chi connectivity index (χ2n) is 3.88. The summed E-state index contributed by atoms with van der Waals surface area (Å²) in [7, 11) is 0. The minimum atomic E-state index is 0.142. The fraction of sp³-hybridized carbons (Fsp3) is 0.0714. The molecular formula is C14H14N2OS. The normalized spacial score (nSPS) is 11.5. The second kappa shape index (κ2) is 5.60. The monoisotopic (exact) mass is 258 g/mol. The Morgan fingerprint density at radius 3 is 2.44 bits per heavy atom. The molecule has 2 aromatic carbocycles. The van der Waals surface area contributed by atoms with E-state index in [0.29, 0.717) is 0 Å². The molecule has 0 bridgehead atoms. The first-order valence-electron chi connectivity index (χ1n) is 5.52. The maximum Gasteiger partial charge on any atom is 0.170 e. The van der Waals surface area contributed by atoms with Gasteiger partial charge in [0, 0.05) is 15.4 Å². The summed E-state index contributed by atoms with van der Waals surface area (Å²) in [6.07, 6.45) is 0. The smallest absolute Gasteiger partial charge is 0.170 e. The molecule has 0 spiro atoms. The standard InChI is InChI=1S/C14H14N2OS/c1-10-9-12(7-8-13(10)14(15)16-17)18-11-5-3-2-4-6-11/h2-9,17H,1H3,(H2,15,16). The number of nitrogens with zero attached hydrogens (tertiary/aromatic N) is 1. The van der Waals surface area contributed by atoms with Crippen LogP contribution in [-0.2, 0) is 0 Å². The van der Waals surface area contributed by atoms with Gasteiger partial charge in [-0.05, 0) is 42.8 Å². The third-order valence-electron chi connectivity index (χ3n) is 2.56. The molecule has 2 aromatic rings. The molecule has 0 aliphatic rings. The highest BCUT2D eigenvalue weighted by molar-refractivity contribution is 7.99. The quantitative estimate of drug-likeness (QED) is 0.384. The molecule has 0 aliphatic heterocycles. The average Bonchev–Trinajstić information content (AvgIpc) is 2.39. The zero-order valence-corrected chi connectivity index (χ0v) is 10.8. The summed E-state index contributed by atoms with van der Waals surface area (Å²) in [5.74, 6) is 0.142. The van der Waals surface area contributed by atoms with Crippen LogP contribution in [0.25, 0.3) is 0 Å². The van der Waals surface area contributed by atoms with Crippen LogP contribution in [0.4, 0.5) is 0 Å². The first kappa shape index (κ1) is 12.5. The van der Waals surface area contributed by atoms with Gasteiger partial charge in [0.05, 0.1) is 0 Å². The molecule has 3 N–H and O–H groups in total. The Kier molecular flexibility index (Phi) is 3.89. The lowest BCUT2D eigenvalue weighted by molar-refractivity contribution is 0.318. The van der Waals surface area contributed by atoms with Gasteiger partial charge >= 0.3 is 0 Å². The highest BCUT2D eigenvalue weighted by atomic mass is 32.2. The number of oxime groups is 1. The van der Waals surface area contributed by atoms with E-state index in [1.807, 2.05) is 43.3 Å². The SMILES string of the molecule is Cc1cc(Sc2ccccc2)ccc1/C(N)=N/O. The van der Waals surface area contributed by atoms with E-state index < -0.39 is 0 Å². The van der Waals surface area contributed by atoms with Gasteiger partial charge < -0.3 is 10.9 Å². The van der Waals surface area contributed by atoms with E-state index in [0.717, 1.165) is 16.0 Å². The van der Waals surface area contributed by atoms with Crippen molar-refractivity contribution in [2.75, 3.05) is 0 Å². The lowest BCUT2D eigenvalue weighted by Gasteiger charge is -2.07. The van der Waals surface area contributed by atoms with Gasteiger partial charge in [-0.3, -0.25) is 0 Å². The van der Waals surface area contributed by atoms with Gasteiger partial charge in [0.1, 0.15) is 0 Å². The molecule has 0 fully saturated rings. The van der Waals surface area contributed by atoms with Crippen LogP contribution in [0.2, 0.25) is 0 Å². The number of nitrogens with two attached hydrogens (primary N) is 1. The predicted octanol–water partition coefficient (Wildman–Crippen LogP) is 3.24. The van der Waals surface area contributed by atoms with Gasteiger partial charge in [-0.2, -0.15) is 0 Å². The van der Waals surface area contributed by atoms with Crippen molar-refractivity contribution in [3.05, 3.63) is 59.7 Å². The molecule has 0 radical (unpaired) electrons. The van der Waals surface area contributed by atoms with Crippen LogP contribution in [0.15, 0.2) is 63.5 Å². The van der Waals surface area contributed by atoms with E-state index in [1.165, 1.54) is 4.90 Å². The molecule has 0 aliphatic carbocycles. The topological polar surface area (TPSA) is 58.6 Å². The van der Waals surface area contributed by atoms with Crippen molar-refractivity contribution >= 4 is 17.6 Å². The zero-order valence-electron chi connectivity index (χ0n) is 10.00. The van der Waals surface area contributed by atoms with Crippen LogP contribution in [-0.4, -0.2) is 11.0 Å². The number of benzene rings is 2. The summed E-state index contributed by atoms with van der Waals surface area (Å²) in [6, 6.07) is 16.0. The third kappa shape index (κ3) is 2.84. The van der Waals surface area contributed by atoms with Crippen LogP contribution in [0.5, 0.6) is 0 Å². The molecule has 18 heavy (non-hydrogen) atoms. The molecule has 4 heteroatoms. The molecule has 3 nitrogen and oxygen atoms in total. The minimum absolute atomic E-state index is 0.142. The molecule has 92 valence electrons. The first-order chi connectivity index (χ1) is 8.70. The van der Waals surface area contributed by atoms with Crippen molar-refractivity contribution in [2.24, 2.45) is 10.9 Å². The molecule has 2 rings (SSSR count). The molecular weight excluding hydrogens is 244 g/mol. The largest absolute Gasteiger partial charge is 0.409 e. The third-order valence-corrected chi connectivity index (χ3v) is 3.56. The van der Waals surface area contributed by atoms with Crippen molar-refractivity contribution in [1.82, 2.24) is 0 Å². The van der Waals surface area contributed by atoms with E-state index in [-0.39, 0.29) is 5.84 Å². The lowest BCUT2D eigenvalue weighted by Crippen LogP contribution is -2.14. The van der Waals surface area contributed by atoms with Gasteiger partial charge in [0.25, 0.3) is 0 Å². The van der Waals surface area contributed by atoms with E-state index in [4.69, 9.17) is 10.9 Å². The summed E-state index contributed by atoms with van der Waals surface area (Å²) in [6.45, 7) is 1.95. The van der Waals surface area contributed by atoms with Crippen LogP contribution >= 0.6 is 11.8 Å². The maximum atomic E-state index is 8.67. The predicted molar refractivity (Wildman–Crippen MR) is 74.3 cm³/mol. The maximum absolute atomic E-state index is 8.67. The number of aryl methyl sites for hydroxylation is 1. The lowest BCUT2D eigenvalue weighted by atomic mass is 10.1. The zero-order chi connectivity index (χ0) is 13.0. The minimum Gasteiger partial charge on any atom is -0.409 e. The molecule has 0 saturated carbocycles. The van der Waals surface area contributed by atoms with Gasteiger partial charge in [0.15, 0.2) is 5.84 Å². The van der Waals surface area contributed by atoms with Crippen LogP contribution in [0, 0.1) is 6.92 Å². The highest BCUT2D eigenvalue weighted by Crippen LogP contribution is 2.28. The fourth-order valence-electron chi connectivity index (χ4n) is 1.67. The van der Waals surface area contributed by atoms with Gasteiger partial charge in [-0.25, -0.2) is 0 Å². The molecule has 0 unspecified atom stereocenters. The second-order valence-corrected chi connectivity index (χ2v) is 5.02. The van der Waals surface area contributed by atoms with E-state index >= 15 is 0 Å². The number of hydrogen-bond acceptors (Lipinski definition) is 3. The van der Waals surface area contributed by atoms with Crippen LogP contribution < -0.4 is 5.73 Å². The summed E-state index contributed by atoms with van der Waals surface area (Å²) >= 11 is 1.69. The Bertz CT molecular complexity index is 567. The van der Waals surface area contributed by atoms with Crippen molar-refractivity contribution in [2.45, 2.75) is 16.7 Å². The Hall–Kier alpha value is -1.94. The van der Waals surface area contributed by atoms with E-state index in [2.05, 4.69) is 17.3 Å². The highest BCUT2D eigenvalue weighted by Gasteiger charge is 2.05. The Morgan fingerprint density at radius 1 is 1.11 bits per heavy atom. The number of amidine groups is 1. The van der Waals surface area contributed by atoms with Gasteiger partial charge in [-0.15, -0.1) is 0 Å². The average molecular weight is 258 g/mol. The van der Waals surface area contributed by atoms with Crippen molar-refractivity contribution in [1.29, 1.82) is 0 Å². The first-order valence-corrected chi connectivity index (χ1v) is 6.34. The fourth-order valence-corrected chi connectivity index (χ4v) is 2.60. The summed E-state index contributed by atoms with van der Waals surface area (Å²) in [4.78, 5) is 2.32. The van der Waals surface area contributed by atoms with Crippen LogP contribution in [0.1, 0.15) is 11.1 Å². The Balaban J connectivity index is 2.25. The van der Waals surface area contributed by atoms with Gasteiger partial charge in [-0.1, -0.05) is 35.1 Å². The van der Waals surface area contributed by atoms with Gasteiger partial charge in [0.2, 0.25) is 0 Å². The summed E-state index contributed by atoms with van der Waals surface area (Å²) in [5.41, 5.74) is 7.34. The van der Waals surface area contributed by atoms with Crippen LogP contribution in [0.3, 0.4) is 0 Å². The van der Waals surface area contributed by atoms with Crippen molar-refractivity contribution < 1.29 is 5.21 Å². The van der Waals surface area contributed by atoms with E-state index in [9.17, 15) is 0 Å². The Labute approximate surface area is 110 Å². The molecule has 0 heterocycles. The summed E-state index contributed by atoms with van der Waals surface area (Å²) < 4.78 is 0. The van der Waals surface area contributed by atoms with E-state index in [1.54, 1.807) is 11.8 Å². The molecule has 0 saturated heterocycles. The molecule has 0 atom stereocenters. The molecule has 0 aromatic heterocycles. The number of rotatable bonds is 3. The van der Waals surface area contributed by atoms with Crippen molar-refractivity contribution in [3.8, 4) is 0 Å².